The second kappa shape index (κ2) is 14.7. The van der Waals surface area contributed by atoms with E-state index in [0.29, 0.717) is 5.56 Å². The molecule has 0 unspecified atom stereocenters. The Morgan fingerprint density at radius 2 is 1.79 bits per heavy atom. The monoisotopic (exact) mass is 779 g/mol. The molecule has 2 aliphatic heterocycles. The van der Waals surface area contributed by atoms with Gasteiger partial charge in [0.05, 0.1) is 24.1 Å². The zero-order valence-corrected chi connectivity index (χ0v) is 29.1. The van der Waals surface area contributed by atoms with Crippen LogP contribution in [-0.2, 0) is 29.9 Å². The first-order chi connectivity index (χ1) is 25.3. The summed E-state index contributed by atoms with van der Waals surface area (Å²) >= 11 is 11.9. The van der Waals surface area contributed by atoms with E-state index >= 15 is 0 Å². The Morgan fingerprint density at radius 3 is 2.49 bits per heavy atom. The quantitative estimate of drug-likeness (QED) is 0.141. The number of aryl methyl sites for hydroxylation is 1. The van der Waals surface area contributed by atoms with Crippen LogP contribution in [0.15, 0.2) is 66.9 Å². The maximum Gasteiger partial charge on any atom is 0.418 e. The highest BCUT2D eigenvalue weighted by molar-refractivity contribution is 6.31. The number of carbonyl (C=O) groups is 1. The number of hydrogen-bond donors (Lipinski definition) is 1. The number of likely N-dealkylation sites (N-methyl/N-ethyl adjacent to an activating group) is 1. The van der Waals surface area contributed by atoms with E-state index in [9.17, 15) is 26.7 Å². The molecular weight excluding hydrogens is 752 g/mol. The van der Waals surface area contributed by atoms with Crippen LogP contribution in [0.1, 0.15) is 41.2 Å². The molecule has 12 nitrogen and oxygen atoms in total. The maximum absolute atomic E-state index is 14.5. The second-order valence-corrected chi connectivity index (χ2v) is 13.0. The standard InChI is InChI=1S/C34H28Cl2F5N7O5/c1-16-43-32(48(45-16)24-12-19(35)8-9-20(24)34(39,40)41)31-30(50-15-26(49)42-2)28(29-25(52-31)14-51-33(53-29)17-6-4-3-5-7-17)47-13-23(44-46-47)18-10-21(37)27(36)22(38)11-18/h3-13,25,28-31,33H,14-15H2,1-2H3,(H,42,49)/t25-,28+,29+,30-,31-,33+/m1/s1. The maximum atomic E-state index is 14.5. The van der Waals surface area contributed by atoms with Crippen molar-refractivity contribution in [3.8, 4) is 16.9 Å². The van der Waals surface area contributed by atoms with Crippen molar-refractivity contribution in [2.45, 2.75) is 49.8 Å². The summed E-state index contributed by atoms with van der Waals surface area (Å²) in [6.07, 6.45) is -8.90. The predicted molar refractivity (Wildman–Crippen MR) is 177 cm³/mol. The molecule has 6 atom stereocenters. The molecule has 0 saturated carbocycles. The number of alkyl halides is 3. The normalized spacial score (nSPS) is 23.1. The van der Waals surface area contributed by atoms with Crippen molar-refractivity contribution in [2.75, 3.05) is 20.3 Å². The van der Waals surface area contributed by atoms with Gasteiger partial charge in [-0.2, -0.15) is 18.3 Å². The molecule has 4 heterocycles. The minimum Gasteiger partial charge on any atom is -0.363 e. The van der Waals surface area contributed by atoms with Crippen LogP contribution in [0.4, 0.5) is 22.0 Å². The van der Waals surface area contributed by atoms with Gasteiger partial charge < -0.3 is 24.3 Å². The Kier molecular flexibility index (Phi) is 10.2. The minimum absolute atomic E-state index is 0.00435. The van der Waals surface area contributed by atoms with Crippen LogP contribution in [0, 0.1) is 18.6 Å². The first kappa shape index (κ1) is 36.8. The summed E-state index contributed by atoms with van der Waals surface area (Å²) in [5, 5.41) is 14.5. The zero-order valence-electron chi connectivity index (χ0n) is 27.6. The van der Waals surface area contributed by atoms with Crippen LogP contribution >= 0.6 is 23.2 Å². The Bertz CT molecular complexity index is 2110. The molecule has 278 valence electrons. The number of aromatic nitrogens is 6. The van der Waals surface area contributed by atoms with Crippen molar-refractivity contribution >= 4 is 29.1 Å². The van der Waals surface area contributed by atoms with Gasteiger partial charge in [-0.05, 0) is 37.3 Å². The summed E-state index contributed by atoms with van der Waals surface area (Å²) in [5.41, 5.74) is -0.798. The van der Waals surface area contributed by atoms with Crippen molar-refractivity contribution < 1.29 is 45.7 Å². The van der Waals surface area contributed by atoms with Crippen LogP contribution in [0.25, 0.3) is 16.9 Å². The Balaban J connectivity index is 1.38. The molecule has 0 spiro atoms. The van der Waals surface area contributed by atoms with Crippen LogP contribution in [-0.4, -0.2) is 74.2 Å². The van der Waals surface area contributed by atoms with E-state index in [1.165, 1.54) is 24.9 Å². The van der Waals surface area contributed by atoms with E-state index in [2.05, 4.69) is 25.7 Å². The third-order valence-electron chi connectivity index (χ3n) is 8.69. The fraction of sp³-hybridized carbons (Fsp3) is 0.324. The third-order valence-corrected chi connectivity index (χ3v) is 9.29. The average molecular weight is 781 g/mol. The molecule has 7 rings (SSSR count). The SMILES string of the molecule is CNC(=O)CO[C@@H]1[C@@H](n2cc(-c3cc(F)c(Cl)c(F)c3)nn2)[C@H]2O[C@@H](c3ccccc3)OC[C@H]2O[C@H]1c1nc(C)nn1-c1cc(Cl)ccc1C(F)(F)F. The van der Waals surface area contributed by atoms with Crippen LogP contribution in [0.2, 0.25) is 10.0 Å². The molecule has 2 aliphatic rings. The van der Waals surface area contributed by atoms with Gasteiger partial charge in [0.15, 0.2) is 12.1 Å². The van der Waals surface area contributed by atoms with E-state index < -0.39 is 83.3 Å². The van der Waals surface area contributed by atoms with Gasteiger partial charge >= 0.3 is 6.18 Å². The third kappa shape index (κ3) is 7.36. The van der Waals surface area contributed by atoms with E-state index in [1.807, 2.05) is 6.07 Å². The van der Waals surface area contributed by atoms with Crippen LogP contribution < -0.4 is 5.32 Å². The summed E-state index contributed by atoms with van der Waals surface area (Å²) in [6, 6.07) is 12.9. The van der Waals surface area contributed by atoms with Gasteiger partial charge in [0.25, 0.3) is 0 Å². The summed E-state index contributed by atoms with van der Waals surface area (Å²) < 4.78 is 99.7. The first-order valence-corrected chi connectivity index (χ1v) is 16.7. The predicted octanol–water partition coefficient (Wildman–Crippen LogP) is 6.36. The summed E-state index contributed by atoms with van der Waals surface area (Å²) in [4.78, 5) is 17.1. The molecule has 2 saturated heterocycles. The molecule has 0 bridgehead atoms. The van der Waals surface area contributed by atoms with Crippen LogP contribution in [0.5, 0.6) is 0 Å². The van der Waals surface area contributed by atoms with Crippen molar-refractivity contribution in [1.29, 1.82) is 0 Å². The van der Waals surface area contributed by atoms with Gasteiger partial charge in [-0.3, -0.25) is 4.79 Å². The van der Waals surface area contributed by atoms with Gasteiger partial charge in [-0.1, -0.05) is 58.7 Å². The Labute approximate surface area is 307 Å². The topological polar surface area (TPSA) is 127 Å². The molecular formula is C34H28Cl2F5N7O5. The molecule has 0 radical (unpaired) electrons. The van der Waals surface area contributed by atoms with Crippen molar-refractivity contribution in [1.82, 2.24) is 35.1 Å². The Hall–Kier alpha value is -4.52. The lowest BCUT2D eigenvalue weighted by atomic mass is 9.90. The van der Waals surface area contributed by atoms with Crippen molar-refractivity contribution in [3.63, 3.8) is 0 Å². The number of carbonyl (C=O) groups excluding carboxylic acids is 1. The highest BCUT2D eigenvalue weighted by Crippen LogP contribution is 2.46. The van der Waals surface area contributed by atoms with Gasteiger partial charge in [0.1, 0.15) is 65.2 Å². The molecule has 1 N–H and O–H groups in total. The lowest BCUT2D eigenvalue weighted by Gasteiger charge is -2.49. The minimum atomic E-state index is -4.82. The van der Waals surface area contributed by atoms with E-state index in [-0.39, 0.29) is 34.5 Å². The van der Waals surface area contributed by atoms with E-state index in [4.69, 9.17) is 42.1 Å². The van der Waals surface area contributed by atoms with Gasteiger partial charge in [-0.15, -0.1) is 5.10 Å². The molecule has 5 aromatic rings. The number of ether oxygens (including phenoxy) is 4. The molecule has 53 heavy (non-hydrogen) atoms. The lowest BCUT2D eigenvalue weighted by molar-refractivity contribution is -0.322. The van der Waals surface area contributed by atoms with Crippen molar-refractivity contribution in [2.24, 2.45) is 0 Å². The number of rotatable bonds is 8. The molecule has 0 aliphatic carbocycles. The number of amides is 1. The van der Waals surface area contributed by atoms with Gasteiger partial charge in [-0.25, -0.2) is 23.1 Å². The molecule has 3 aromatic carbocycles. The number of benzene rings is 3. The number of nitrogens with one attached hydrogen (secondary N) is 1. The number of hydrogen-bond acceptors (Lipinski definition) is 9. The first-order valence-electron chi connectivity index (χ1n) is 16.0. The highest BCUT2D eigenvalue weighted by atomic mass is 35.5. The molecule has 2 fully saturated rings. The van der Waals surface area contributed by atoms with E-state index in [1.54, 1.807) is 24.3 Å². The van der Waals surface area contributed by atoms with Gasteiger partial charge in [0, 0.05) is 23.2 Å². The highest BCUT2D eigenvalue weighted by Gasteiger charge is 2.54. The zero-order chi connectivity index (χ0) is 37.6. The Morgan fingerprint density at radius 1 is 1.06 bits per heavy atom. The number of halogens is 7. The van der Waals surface area contributed by atoms with E-state index in [0.717, 1.165) is 35.0 Å². The largest absolute Gasteiger partial charge is 0.418 e. The lowest BCUT2D eigenvalue weighted by Crippen LogP contribution is -2.58. The molecule has 1 amide bonds. The second-order valence-electron chi connectivity index (χ2n) is 12.1. The van der Waals surface area contributed by atoms with Gasteiger partial charge in [0.2, 0.25) is 5.91 Å². The number of nitrogens with zero attached hydrogens (tertiary/aromatic N) is 6. The van der Waals surface area contributed by atoms with Crippen LogP contribution in [0.3, 0.4) is 0 Å². The summed E-state index contributed by atoms with van der Waals surface area (Å²) in [7, 11) is 1.39. The molecule has 19 heteroatoms. The molecule has 2 aromatic heterocycles. The van der Waals surface area contributed by atoms with Crippen molar-refractivity contribution in [3.05, 3.63) is 111 Å². The smallest absolute Gasteiger partial charge is 0.363 e. The fourth-order valence-corrected chi connectivity index (χ4v) is 6.57. The summed E-state index contributed by atoms with van der Waals surface area (Å²) in [5.74, 6) is -2.65. The summed E-state index contributed by atoms with van der Waals surface area (Å²) in [6.45, 7) is 0.861. The number of fused-ring (bicyclic) bond motifs is 1. The fourth-order valence-electron chi connectivity index (χ4n) is 6.29. The average Bonchev–Trinajstić information content (AvgIpc) is 3.78.